The Balaban J connectivity index is 0.972. The number of Topliss-reactive ketones (excluding diaryl/α,β-unsaturated/α-hetero) is 1. The number of piperazine rings is 1. The molecular formula is C36H40FN7O4. The van der Waals surface area contributed by atoms with Crippen LogP contribution in [0.15, 0.2) is 48.7 Å². The van der Waals surface area contributed by atoms with Gasteiger partial charge in [-0.1, -0.05) is 0 Å². The lowest BCUT2D eigenvalue weighted by atomic mass is 10.0. The van der Waals surface area contributed by atoms with Crippen molar-refractivity contribution in [3.63, 3.8) is 0 Å². The first-order valence-electron chi connectivity index (χ1n) is 16.8. The highest BCUT2D eigenvalue weighted by Crippen LogP contribution is 2.31. The molecule has 12 heteroatoms. The highest BCUT2D eigenvalue weighted by molar-refractivity contribution is 5.90. The Morgan fingerprint density at radius 1 is 1.08 bits per heavy atom. The van der Waals surface area contributed by atoms with Crippen molar-refractivity contribution < 1.29 is 23.5 Å². The molecule has 1 saturated carbocycles. The summed E-state index contributed by atoms with van der Waals surface area (Å²) in [6.45, 7) is 8.15. The molecule has 1 amide bonds. The number of anilines is 3. The number of ether oxygens (including phenoxy) is 2. The van der Waals surface area contributed by atoms with Crippen LogP contribution in [0.1, 0.15) is 36.8 Å². The van der Waals surface area contributed by atoms with Gasteiger partial charge in [0.25, 0.3) is 0 Å². The van der Waals surface area contributed by atoms with Gasteiger partial charge >= 0.3 is 0 Å². The van der Waals surface area contributed by atoms with Crippen LogP contribution >= 0.6 is 0 Å². The predicted molar refractivity (Wildman–Crippen MR) is 178 cm³/mol. The summed E-state index contributed by atoms with van der Waals surface area (Å²) in [5.74, 6) is 0.919. The summed E-state index contributed by atoms with van der Waals surface area (Å²) in [7, 11) is 0. The van der Waals surface area contributed by atoms with E-state index in [0.29, 0.717) is 49.1 Å². The van der Waals surface area contributed by atoms with E-state index in [1.807, 2.05) is 0 Å². The van der Waals surface area contributed by atoms with Gasteiger partial charge in [-0.05, 0) is 61.4 Å². The number of piperidine rings is 1. The molecule has 2 aromatic carbocycles. The van der Waals surface area contributed by atoms with Crippen LogP contribution in [0.3, 0.4) is 0 Å². The quantitative estimate of drug-likeness (QED) is 0.377. The summed E-state index contributed by atoms with van der Waals surface area (Å²) in [4.78, 5) is 40.0. The lowest BCUT2D eigenvalue weighted by Crippen LogP contribution is -2.56. The molecule has 3 aliphatic heterocycles. The van der Waals surface area contributed by atoms with E-state index < -0.39 is 12.3 Å². The van der Waals surface area contributed by atoms with E-state index in [9.17, 15) is 14.9 Å². The monoisotopic (exact) mass is 653 g/mol. The Labute approximate surface area is 279 Å². The number of aromatic nitrogens is 2. The molecule has 1 unspecified atom stereocenters. The van der Waals surface area contributed by atoms with Gasteiger partial charge in [-0.15, -0.1) is 0 Å². The van der Waals surface area contributed by atoms with Crippen LogP contribution in [0.5, 0.6) is 5.75 Å². The molecule has 4 aliphatic rings. The summed E-state index contributed by atoms with van der Waals surface area (Å²) in [6, 6.07) is 15.9. The number of halogens is 1. The topological polar surface area (TPSA) is 124 Å². The van der Waals surface area contributed by atoms with Crippen LogP contribution in [-0.4, -0.2) is 102 Å². The Morgan fingerprint density at radius 3 is 2.60 bits per heavy atom. The van der Waals surface area contributed by atoms with Crippen LogP contribution in [0.4, 0.5) is 21.6 Å². The number of amides is 1. The van der Waals surface area contributed by atoms with Crippen molar-refractivity contribution in [2.24, 2.45) is 5.92 Å². The molecule has 3 aromatic rings. The summed E-state index contributed by atoms with van der Waals surface area (Å²) in [5.41, 5.74) is 4.21. The van der Waals surface area contributed by atoms with E-state index in [0.717, 1.165) is 45.1 Å². The third kappa shape index (κ3) is 6.84. The molecule has 1 aromatic heterocycles. The molecule has 3 atom stereocenters. The largest absolute Gasteiger partial charge is 0.486 e. The maximum absolute atomic E-state index is 15.2. The minimum atomic E-state index is -1.41. The molecule has 48 heavy (non-hydrogen) atoms. The fourth-order valence-electron chi connectivity index (χ4n) is 7.09. The Hall–Kier alpha value is -4.60. The van der Waals surface area contributed by atoms with Crippen LogP contribution in [0, 0.1) is 24.2 Å². The van der Waals surface area contributed by atoms with Crippen molar-refractivity contribution in [3.05, 3.63) is 59.8 Å². The number of alkyl halides is 1. The molecule has 4 heterocycles. The number of ketones is 1. The van der Waals surface area contributed by atoms with Gasteiger partial charge in [-0.25, -0.2) is 14.4 Å². The predicted octanol–water partition coefficient (Wildman–Crippen LogP) is 4.28. The average molecular weight is 654 g/mol. The number of benzene rings is 2. The molecule has 1 N–H and O–H groups in total. The van der Waals surface area contributed by atoms with E-state index in [1.54, 1.807) is 30.5 Å². The Morgan fingerprint density at radius 2 is 1.92 bits per heavy atom. The number of nitrogens with one attached hydrogen (secondary N) is 1. The van der Waals surface area contributed by atoms with Gasteiger partial charge in [0.05, 0.1) is 31.4 Å². The van der Waals surface area contributed by atoms with Gasteiger partial charge < -0.3 is 24.6 Å². The minimum absolute atomic E-state index is 0.0857. The number of carbonyl (C=O) groups is 2. The third-order valence-electron chi connectivity index (χ3n) is 9.94. The van der Waals surface area contributed by atoms with Crippen LogP contribution < -0.4 is 15.0 Å². The number of carbonyl (C=O) groups excluding carboxylic acids is 2. The van der Waals surface area contributed by atoms with Gasteiger partial charge in [-0.2, -0.15) is 5.26 Å². The molecule has 1 aliphatic carbocycles. The number of aryl methyl sites for hydroxylation is 1. The molecule has 7 rings (SSSR count). The minimum Gasteiger partial charge on any atom is -0.486 e. The lowest BCUT2D eigenvalue weighted by Gasteiger charge is -2.43. The Kier molecular flexibility index (Phi) is 9.23. The first-order valence-corrected chi connectivity index (χ1v) is 16.8. The zero-order valence-electron chi connectivity index (χ0n) is 27.1. The fraction of sp³-hybridized carbons (Fsp3) is 0.472. The molecule has 250 valence electrons. The zero-order chi connectivity index (χ0) is 33.2. The second-order valence-electron chi connectivity index (χ2n) is 13.2. The number of rotatable bonds is 8. The highest BCUT2D eigenvalue weighted by atomic mass is 19.1. The molecule has 11 nitrogen and oxygen atoms in total. The van der Waals surface area contributed by atoms with Crippen molar-refractivity contribution in [2.45, 2.75) is 50.9 Å². The van der Waals surface area contributed by atoms with E-state index >= 15 is 4.39 Å². The van der Waals surface area contributed by atoms with Gasteiger partial charge in [-0.3, -0.25) is 14.5 Å². The average Bonchev–Trinajstić information content (AvgIpc) is 3.51. The van der Waals surface area contributed by atoms with Crippen LogP contribution in [-0.2, 0) is 14.3 Å². The van der Waals surface area contributed by atoms with Gasteiger partial charge in [0, 0.05) is 81.0 Å². The summed E-state index contributed by atoms with van der Waals surface area (Å²) >= 11 is 0. The second kappa shape index (κ2) is 13.9. The van der Waals surface area contributed by atoms with E-state index in [4.69, 9.17) is 14.5 Å². The molecule has 4 fully saturated rings. The molecule has 0 bridgehead atoms. The van der Waals surface area contributed by atoms with E-state index in [-0.39, 0.29) is 41.9 Å². The number of hydrogen-bond acceptors (Lipinski definition) is 10. The normalized spacial score (nSPS) is 23.4. The maximum Gasteiger partial charge on any atom is 0.226 e. The molecule has 0 radical (unpaired) electrons. The smallest absolute Gasteiger partial charge is 0.226 e. The molecule has 0 spiro atoms. The van der Waals surface area contributed by atoms with Crippen LogP contribution in [0.2, 0.25) is 0 Å². The van der Waals surface area contributed by atoms with Crippen molar-refractivity contribution in [1.29, 1.82) is 5.26 Å². The van der Waals surface area contributed by atoms with E-state index in [2.05, 4.69) is 51.3 Å². The Bertz CT molecular complexity index is 1720. The summed E-state index contributed by atoms with van der Waals surface area (Å²) in [6.07, 6.45) is 0.958. The van der Waals surface area contributed by atoms with Gasteiger partial charge in [0.2, 0.25) is 5.91 Å². The van der Waals surface area contributed by atoms with E-state index in [1.165, 1.54) is 16.2 Å². The van der Waals surface area contributed by atoms with Crippen LogP contribution in [0.25, 0.3) is 11.4 Å². The number of nitrogens with zero attached hydrogens (tertiary/aromatic N) is 6. The van der Waals surface area contributed by atoms with Gasteiger partial charge in [0.15, 0.2) is 12.0 Å². The zero-order valence-corrected chi connectivity index (χ0v) is 27.1. The highest BCUT2D eigenvalue weighted by Gasteiger charge is 2.38. The maximum atomic E-state index is 15.2. The van der Waals surface area contributed by atoms with Crippen molar-refractivity contribution in [3.8, 4) is 23.2 Å². The SMILES string of the molecule is Cc1cc(Nc2ccnc(-c3ccc(O[C@H]4CCN(C(=O)C5CCC(=O)C5)C[C@H]4F)c(C#N)c3)n2)ccc1N1CCN(C2COC2)CC1. The second-order valence-corrected chi connectivity index (χ2v) is 13.2. The summed E-state index contributed by atoms with van der Waals surface area (Å²) in [5, 5.41) is 13.3. The van der Waals surface area contributed by atoms with Gasteiger partial charge in [0.1, 0.15) is 29.5 Å². The number of likely N-dealkylation sites (tertiary alicyclic amines) is 1. The van der Waals surface area contributed by atoms with Crippen molar-refractivity contribution in [1.82, 2.24) is 19.8 Å². The fourth-order valence-corrected chi connectivity index (χ4v) is 7.09. The standard InChI is InChI=1S/C36H40FN7O4/c1-23-16-27(4-6-31(23)43-14-12-42(13-15-43)28-21-47-22-28)40-34-8-10-39-35(41-34)24-3-7-32(26(17-24)19-38)48-33-9-11-44(20-30(33)37)36(46)25-2-5-29(45)18-25/h3-4,6-8,10,16-17,25,28,30,33H,2,5,9,11-15,18,20-22H2,1H3,(H,39,40,41)/t25?,30-,33+/m1/s1. The summed E-state index contributed by atoms with van der Waals surface area (Å²) < 4.78 is 26.6. The first-order chi connectivity index (χ1) is 23.3. The first kappa shape index (κ1) is 32.0. The molecule has 3 saturated heterocycles. The number of hydrogen-bond donors (Lipinski definition) is 1. The third-order valence-corrected chi connectivity index (χ3v) is 9.94. The van der Waals surface area contributed by atoms with Crippen molar-refractivity contribution in [2.75, 3.05) is 62.7 Å². The molecular weight excluding hydrogens is 613 g/mol. The number of nitriles is 1. The lowest BCUT2D eigenvalue weighted by molar-refractivity contribution is -0.139. The van der Waals surface area contributed by atoms with Crippen molar-refractivity contribution >= 4 is 28.9 Å².